The zero-order chi connectivity index (χ0) is 15.4. The molecule has 0 aromatic heterocycles. The van der Waals surface area contributed by atoms with Gasteiger partial charge in [0.05, 0.1) is 11.6 Å². The molecule has 0 heterocycles. The summed E-state index contributed by atoms with van der Waals surface area (Å²) < 4.78 is 18.9. The Morgan fingerprint density at radius 3 is 2.67 bits per heavy atom. The zero-order valence-corrected chi connectivity index (χ0v) is 12.1. The van der Waals surface area contributed by atoms with Crippen LogP contribution in [-0.4, -0.2) is 0 Å². The molecule has 0 fully saturated rings. The Labute approximate surface area is 123 Å². The van der Waals surface area contributed by atoms with Crippen molar-refractivity contribution in [3.05, 3.63) is 64.5 Å². The first kappa shape index (κ1) is 15.0. The van der Waals surface area contributed by atoms with Gasteiger partial charge >= 0.3 is 0 Å². The van der Waals surface area contributed by atoms with Gasteiger partial charge in [-0.2, -0.15) is 5.26 Å². The summed E-state index contributed by atoms with van der Waals surface area (Å²) in [7, 11) is 0. The third-order valence-electron chi connectivity index (χ3n) is 3.30. The summed E-state index contributed by atoms with van der Waals surface area (Å²) in [6.45, 7) is 4.00. The predicted molar refractivity (Wildman–Crippen MR) is 79.2 cm³/mol. The summed E-state index contributed by atoms with van der Waals surface area (Å²) in [4.78, 5) is 0. The van der Waals surface area contributed by atoms with Gasteiger partial charge in [-0.05, 0) is 49.2 Å². The second-order valence-electron chi connectivity index (χ2n) is 5.02. The Balaban J connectivity index is 2.17. The maximum atomic E-state index is 13.3. The standard InChI is InChI=1S/C17H17FN2O/c1-11-7-13(12(2)20)4-6-17(11)21-10-15-8-16(18)5-3-14(15)9-19/h3-8,12H,10,20H2,1-2H3/t12-/m0/s1. The van der Waals surface area contributed by atoms with Gasteiger partial charge in [-0.3, -0.25) is 0 Å². The highest BCUT2D eigenvalue weighted by Crippen LogP contribution is 2.23. The lowest BCUT2D eigenvalue weighted by atomic mass is 10.1. The predicted octanol–water partition coefficient (Wildman–Crippen LogP) is 3.60. The number of nitriles is 1. The number of ether oxygens (including phenoxy) is 1. The first-order chi connectivity index (χ1) is 10.0. The molecule has 0 saturated carbocycles. The van der Waals surface area contributed by atoms with Crippen molar-refractivity contribution < 1.29 is 9.13 Å². The van der Waals surface area contributed by atoms with Crippen LogP contribution in [0.25, 0.3) is 0 Å². The normalized spacial score (nSPS) is 11.8. The molecule has 0 aliphatic rings. The third kappa shape index (κ3) is 3.59. The fourth-order valence-electron chi connectivity index (χ4n) is 2.06. The number of nitrogens with two attached hydrogens (primary N) is 1. The van der Waals surface area contributed by atoms with E-state index in [1.165, 1.54) is 18.2 Å². The second kappa shape index (κ2) is 6.38. The number of halogens is 1. The van der Waals surface area contributed by atoms with Crippen molar-refractivity contribution in [1.29, 1.82) is 5.26 Å². The molecule has 0 aliphatic heterocycles. The van der Waals surface area contributed by atoms with Crippen molar-refractivity contribution in [3.63, 3.8) is 0 Å². The van der Waals surface area contributed by atoms with Crippen LogP contribution in [0.2, 0.25) is 0 Å². The minimum atomic E-state index is -0.378. The molecular formula is C17H17FN2O. The molecule has 2 rings (SSSR count). The summed E-state index contributed by atoms with van der Waals surface area (Å²) in [6, 6.07) is 11.8. The zero-order valence-electron chi connectivity index (χ0n) is 12.1. The average Bonchev–Trinajstić information content (AvgIpc) is 2.46. The Kier molecular flexibility index (Phi) is 4.56. The lowest BCUT2D eigenvalue weighted by Crippen LogP contribution is -2.06. The second-order valence-corrected chi connectivity index (χ2v) is 5.02. The first-order valence-electron chi connectivity index (χ1n) is 6.68. The van der Waals surface area contributed by atoms with Crippen LogP contribution in [0.5, 0.6) is 5.75 Å². The van der Waals surface area contributed by atoms with Gasteiger partial charge in [0.15, 0.2) is 0 Å². The minimum absolute atomic E-state index is 0.0360. The number of nitrogens with zero attached hydrogens (tertiary/aromatic N) is 1. The van der Waals surface area contributed by atoms with E-state index in [0.717, 1.165) is 11.1 Å². The molecule has 0 saturated heterocycles. The van der Waals surface area contributed by atoms with E-state index in [1.807, 2.05) is 38.1 Å². The molecule has 2 aromatic carbocycles. The van der Waals surface area contributed by atoms with Gasteiger partial charge in [-0.1, -0.05) is 12.1 Å². The molecule has 0 unspecified atom stereocenters. The molecular weight excluding hydrogens is 267 g/mol. The summed E-state index contributed by atoms with van der Waals surface area (Å²) in [5.41, 5.74) is 8.78. The number of rotatable bonds is 4. The SMILES string of the molecule is Cc1cc([C@H](C)N)ccc1OCc1cc(F)ccc1C#N. The van der Waals surface area contributed by atoms with E-state index in [1.54, 1.807) is 0 Å². The highest BCUT2D eigenvalue weighted by atomic mass is 19.1. The maximum absolute atomic E-state index is 13.3. The van der Waals surface area contributed by atoms with Gasteiger partial charge in [-0.25, -0.2) is 4.39 Å². The van der Waals surface area contributed by atoms with E-state index in [-0.39, 0.29) is 18.5 Å². The molecule has 0 amide bonds. The molecule has 0 spiro atoms. The van der Waals surface area contributed by atoms with Crippen molar-refractivity contribution in [2.24, 2.45) is 5.73 Å². The van der Waals surface area contributed by atoms with Crippen molar-refractivity contribution in [2.75, 3.05) is 0 Å². The number of hydrogen-bond acceptors (Lipinski definition) is 3. The van der Waals surface area contributed by atoms with Crippen molar-refractivity contribution in [1.82, 2.24) is 0 Å². The Hall–Kier alpha value is -2.38. The molecule has 108 valence electrons. The van der Waals surface area contributed by atoms with E-state index in [4.69, 9.17) is 15.7 Å². The van der Waals surface area contributed by atoms with Crippen LogP contribution < -0.4 is 10.5 Å². The summed E-state index contributed by atoms with van der Waals surface area (Å²) in [5, 5.41) is 9.02. The molecule has 3 nitrogen and oxygen atoms in total. The Bertz CT molecular complexity index is 690. The molecule has 21 heavy (non-hydrogen) atoms. The highest BCUT2D eigenvalue weighted by molar-refractivity contribution is 5.40. The van der Waals surface area contributed by atoms with Crippen molar-refractivity contribution in [3.8, 4) is 11.8 Å². The van der Waals surface area contributed by atoms with E-state index >= 15 is 0 Å². The van der Waals surface area contributed by atoms with Crippen LogP contribution in [0.1, 0.15) is 35.2 Å². The van der Waals surface area contributed by atoms with Crippen molar-refractivity contribution in [2.45, 2.75) is 26.5 Å². The third-order valence-corrected chi connectivity index (χ3v) is 3.30. The topological polar surface area (TPSA) is 59.0 Å². The van der Waals surface area contributed by atoms with Gasteiger partial charge in [0.25, 0.3) is 0 Å². The highest BCUT2D eigenvalue weighted by Gasteiger charge is 2.08. The number of aryl methyl sites for hydroxylation is 1. The lowest BCUT2D eigenvalue weighted by Gasteiger charge is -2.13. The molecule has 1 atom stereocenters. The molecule has 0 aliphatic carbocycles. The van der Waals surface area contributed by atoms with Gasteiger partial charge < -0.3 is 10.5 Å². The van der Waals surface area contributed by atoms with Crippen LogP contribution in [0.15, 0.2) is 36.4 Å². The number of benzene rings is 2. The van der Waals surface area contributed by atoms with Crippen LogP contribution in [-0.2, 0) is 6.61 Å². The van der Waals surface area contributed by atoms with E-state index in [9.17, 15) is 4.39 Å². The van der Waals surface area contributed by atoms with E-state index in [0.29, 0.717) is 16.9 Å². The van der Waals surface area contributed by atoms with Gasteiger partial charge in [-0.15, -0.1) is 0 Å². The minimum Gasteiger partial charge on any atom is -0.489 e. The summed E-state index contributed by atoms with van der Waals surface area (Å²) in [6.07, 6.45) is 0. The lowest BCUT2D eigenvalue weighted by molar-refractivity contribution is 0.303. The Morgan fingerprint density at radius 2 is 2.05 bits per heavy atom. The van der Waals surface area contributed by atoms with E-state index < -0.39 is 0 Å². The van der Waals surface area contributed by atoms with Crippen LogP contribution >= 0.6 is 0 Å². The van der Waals surface area contributed by atoms with Gasteiger partial charge in [0.1, 0.15) is 18.2 Å². The summed E-state index contributed by atoms with van der Waals surface area (Å²) >= 11 is 0. The monoisotopic (exact) mass is 284 g/mol. The molecule has 0 radical (unpaired) electrons. The number of hydrogen-bond donors (Lipinski definition) is 1. The van der Waals surface area contributed by atoms with Crippen LogP contribution in [0, 0.1) is 24.1 Å². The quantitative estimate of drug-likeness (QED) is 0.933. The maximum Gasteiger partial charge on any atom is 0.123 e. The Morgan fingerprint density at radius 1 is 1.29 bits per heavy atom. The largest absolute Gasteiger partial charge is 0.489 e. The smallest absolute Gasteiger partial charge is 0.123 e. The van der Waals surface area contributed by atoms with Crippen LogP contribution in [0.3, 0.4) is 0 Å². The molecule has 2 N–H and O–H groups in total. The van der Waals surface area contributed by atoms with Gasteiger partial charge in [0.2, 0.25) is 0 Å². The molecule has 4 heteroatoms. The van der Waals surface area contributed by atoms with Crippen molar-refractivity contribution >= 4 is 0 Å². The van der Waals surface area contributed by atoms with Gasteiger partial charge in [0, 0.05) is 11.6 Å². The fourth-order valence-corrected chi connectivity index (χ4v) is 2.06. The summed E-state index contributed by atoms with van der Waals surface area (Å²) in [5.74, 6) is 0.323. The first-order valence-corrected chi connectivity index (χ1v) is 6.68. The fraction of sp³-hybridized carbons (Fsp3) is 0.235. The molecule has 0 bridgehead atoms. The van der Waals surface area contributed by atoms with E-state index in [2.05, 4.69) is 0 Å². The molecule has 2 aromatic rings. The van der Waals surface area contributed by atoms with Crippen LogP contribution in [0.4, 0.5) is 4.39 Å². The average molecular weight is 284 g/mol.